The fourth-order valence-electron chi connectivity index (χ4n) is 2.29. The van der Waals surface area contributed by atoms with E-state index in [9.17, 15) is 0 Å². The Morgan fingerprint density at radius 1 is 0.933 bits per heavy atom. The normalized spacial score (nSPS) is 11.9. The zero-order valence-electron chi connectivity index (χ0n) is 9.96. The molecule has 0 atom stereocenters. The van der Waals surface area contributed by atoms with E-state index in [1.165, 1.54) is 22.0 Å². The largest absolute Gasteiger partial charge is 0.361 e. The first kappa shape index (κ1) is 10.3. The molecule has 2 aromatic rings. The van der Waals surface area contributed by atoms with Gasteiger partial charge < -0.3 is 4.98 Å². The van der Waals surface area contributed by atoms with Gasteiger partial charge in [-0.2, -0.15) is 0 Å². The monoisotopic (exact) mass is 201 g/mol. The van der Waals surface area contributed by atoms with Crippen molar-refractivity contribution in [2.75, 3.05) is 0 Å². The Hall–Kier alpha value is -1.24. The molecule has 1 N–H and O–H groups in total. The van der Waals surface area contributed by atoms with Crippen molar-refractivity contribution in [3.05, 3.63) is 35.5 Å². The lowest BCUT2D eigenvalue weighted by molar-refractivity contribution is 0.796. The molecular formula is C14H19N. The lowest BCUT2D eigenvalue weighted by Crippen LogP contribution is -1.99. The van der Waals surface area contributed by atoms with Gasteiger partial charge in [-0.1, -0.05) is 39.8 Å². The van der Waals surface area contributed by atoms with Crippen LogP contribution in [0.3, 0.4) is 0 Å². The first-order valence-corrected chi connectivity index (χ1v) is 5.71. The zero-order chi connectivity index (χ0) is 11.0. The third kappa shape index (κ3) is 1.67. The van der Waals surface area contributed by atoms with E-state index in [1.807, 2.05) is 6.20 Å². The van der Waals surface area contributed by atoms with Gasteiger partial charge in [0.05, 0.1) is 0 Å². The number of hydrogen-bond donors (Lipinski definition) is 1. The molecule has 0 fully saturated rings. The molecule has 0 aliphatic rings. The minimum atomic E-state index is 0.574. The summed E-state index contributed by atoms with van der Waals surface area (Å²) in [6, 6.07) is 6.63. The van der Waals surface area contributed by atoms with Crippen LogP contribution in [0.2, 0.25) is 0 Å². The number of fused-ring (bicyclic) bond motifs is 1. The molecule has 1 heteroatoms. The minimum Gasteiger partial charge on any atom is -0.361 e. The van der Waals surface area contributed by atoms with E-state index < -0.39 is 0 Å². The molecule has 80 valence electrons. The highest BCUT2D eigenvalue weighted by Gasteiger charge is 2.13. The number of rotatable bonds is 2. The maximum atomic E-state index is 3.36. The van der Waals surface area contributed by atoms with E-state index in [0.717, 1.165) is 0 Å². The van der Waals surface area contributed by atoms with Crippen molar-refractivity contribution in [1.29, 1.82) is 0 Å². The van der Waals surface area contributed by atoms with Crippen LogP contribution in [0.15, 0.2) is 24.4 Å². The molecule has 0 amide bonds. The van der Waals surface area contributed by atoms with Crippen molar-refractivity contribution >= 4 is 10.9 Å². The van der Waals surface area contributed by atoms with Gasteiger partial charge in [0.15, 0.2) is 0 Å². The predicted octanol–water partition coefficient (Wildman–Crippen LogP) is 4.41. The van der Waals surface area contributed by atoms with Crippen LogP contribution in [0.5, 0.6) is 0 Å². The summed E-state index contributed by atoms with van der Waals surface area (Å²) in [7, 11) is 0. The summed E-state index contributed by atoms with van der Waals surface area (Å²) in [5, 5.41) is 1.32. The molecule has 1 aromatic heterocycles. The van der Waals surface area contributed by atoms with Gasteiger partial charge in [-0.3, -0.25) is 0 Å². The van der Waals surface area contributed by atoms with Crippen LogP contribution in [-0.4, -0.2) is 4.98 Å². The quantitative estimate of drug-likeness (QED) is 0.740. The van der Waals surface area contributed by atoms with Gasteiger partial charge in [-0.25, -0.2) is 0 Å². The van der Waals surface area contributed by atoms with E-state index in [4.69, 9.17) is 0 Å². The van der Waals surface area contributed by atoms with Crippen molar-refractivity contribution in [2.24, 2.45) is 0 Å². The average molecular weight is 201 g/mol. The summed E-state index contributed by atoms with van der Waals surface area (Å²) < 4.78 is 0. The van der Waals surface area contributed by atoms with E-state index in [2.05, 4.69) is 50.9 Å². The third-order valence-corrected chi connectivity index (χ3v) is 3.00. The molecule has 0 aliphatic heterocycles. The van der Waals surface area contributed by atoms with E-state index in [1.54, 1.807) is 0 Å². The van der Waals surface area contributed by atoms with Crippen molar-refractivity contribution in [3.63, 3.8) is 0 Å². The standard InChI is InChI=1S/C14H19N/c1-9(2)12-6-5-11-7-8-15-14(11)13(12)10(3)4/h5-10,15H,1-4H3. The summed E-state index contributed by atoms with van der Waals surface area (Å²) >= 11 is 0. The van der Waals surface area contributed by atoms with Crippen LogP contribution >= 0.6 is 0 Å². The Bertz CT molecular complexity index is 463. The number of H-pyrrole nitrogens is 1. The van der Waals surface area contributed by atoms with Crippen LogP contribution < -0.4 is 0 Å². The Balaban J connectivity index is 2.75. The van der Waals surface area contributed by atoms with Gasteiger partial charge in [-0.15, -0.1) is 0 Å². The molecule has 0 saturated heterocycles. The van der Waals surface area contributed by atoms with Crippen molar-refractivity contribution < 1.29 is 0 Å². The first-order valence-electron chi connectivity index (χ1n) is 5.71. The highest BCUT2D eigenvalue weighted by Crippen LogP contribution is 2.32. The minimum absolute atomic E-state index is 0.574. The molecule has 1 nitrogen and oxygen atoms in total. The van der Waals surface area contributed by atoms with Gasteiger partial charge in [0, 0.05) is 11.7 Å². The smallest absolute Gasteiger partial charge is 0.0491 e. The molecule has 0 aliphatic carbocycles. The lowest BCUT2D eigenvalue weighted by atomic mass is 9.89. The summed E-state index contributed by atoms with van der Waals surface area (Å²) in [6.45, 7) is 9.05. The molecule has 0 bridgehead atoms. The molecular weight excluding hydrogens is 182 g/mol. The number of hydrogen-bond acceptors (Lipinski definition) is 0. The molecule has 2 rings (SSSR count). The highest BCUT2D eigenvalue weighted by atomic mass is 14.7. The van der Waals surface area contributed by atoms with Crippen LogP contribution in [0.4, 0.5) is 0 Å². The second kappa shape index (κ2) is 3.73. The van der Waals surface area contributed by atoms with E-state index in [0.29, 0.717) is 11.8 Å². The molecule has 0 radical (unpaired) electrons. The second-order valence-electron chi connectivity index (χ2n) is 4.82. The second-order valence-corrected chi connectivity index (χ2v) is 4.82. The van der Waals surface area contributed by atoms with Crippen molar-refractivity contribution in [3.8, 4) is 0 Å². The van der Waals surface area contributed by atoms with Gasteiger partial charge in [0.1, 0.15) is 0 Å². The predicted molar refractivity (Wildman–Crippen MR) is 66.5 cm³/mol. The summed E-state index contributed by atoms with van der Waals surface area (Å²) in [4.78, 5) is 3.36. The molecule has 0 unspecified atom stereocenters. The molecule has 15 heavy (non-hydrogen) atoms. The summed E-state index contributed by atoms with van der Waals surface area (Å²) in [5.41, 5.74) is 4.27. The maximum absolute atomic E-state index is 3.36. The lowest BCUT2D eigenvalue weighted by Gasteiger charge is -2.16. The Morgan fingerprint density at radius 3 is 2.27 bits per heavy atom. The zero-order valence-corrected chi connectivity index (χ0v) is 9.96. The fourth-order valence-corrected chi connectivity index (χ4v) is 2.29. The number of benzene rings is 1. The van der Waals surface area contributed by atoms with Gasteiger partial charge in [-0.05, 0) is 34.4 Å². The number of aromatic amines is 1. The molecule has 0 spiro atoms. The molecule has 1 heterocycles. The van der Waals surface area contributed by atoms with Crippen LogP contribution in [0.1, 0.15) is 50.7 Å². The topological polar surface area (TPSA) is 15.8 Å². The van der Waals surface area contributed by atoms with Gasteiger partial charge in [0.2, 0.25) is 0 Å². The van der Waals surface area contributed by atoms with Gasteiger partial charge >= 0.3 is 0 Å². The SMILES string of the molecule is CC(C)c1ccc2cc[nH]c2c1C(C)C. The Labute approximate surface area is 91.5 Å². The third-order valence-electron chi connectivity index (χ3n) is 3.00. The van der Waals surface area contributed by atoms with Crippen molar-refractivity contribution in [1.82, 2.24) is 4.98 Å². The van der Waals surface area contributed by atoms with Crippen LogP contribution in [0.25, 0.3) is 10.9 Å². The Kier molecular flexibility index (Phi) is 2.56. The highest BCUT2D eigenvalue weighted by molar-refractivity contribution is 5.84. The summed E-state index contributed by atoms with van der Waals surface area (Å²) in [5.74, 6) is 1.17. The summed E-state index contributed by atoms with van der Waals surface area (Å²) in [6.07, 6.45) is 2.03. The van der Waals surface area contributed by atoms with Crippen molar-refractivity contribution in [2.45, 2.75) is 39.5 Å². The maximum Gasteiger partial charge on any atom is 0.0491 e. The van der Waals surface area contributed by atoms with Crippen LogP contribution in [0, 0.1) is 0 Å². The van der Waals surface area contributed by atoms with Crippen LogP contribution in [-0.2, 0) is 0 Å². The molecule has 1 aromatic carbocycles. The van der Waals surface area contributed by atoms with Gasteiger partial charge in [0.25, 0.3) is 0 Å². The number of nitrogens with one attached hydrogen (secondary N) is 1. The molecule has 0 saturated carbocycles. The average Bonchev–Trinajstić information content (AvgIpc) is 2.62. The Morgan fingerprint density at radius 2 is 1.67 bits per heavy atom. The number of aromatic nitrogens is 1. The first-order chi connectivity index (χ1) is 7.11. The van der Waals surface area contributed by atoms with E-state index in [-0.39, 0.29) is 0 Å². The van der Waals surface area contributed by atoms with E-state index >= 15 is 0 Å². The fraction of sp³-hybridized carbons (Fsp3) is 0.429.